The standard InChI is InChI=1S/C14H20N2OS3/c1-3-15(4-2)14(18)20-10-13(17)16-7-5-12-11(9-16)6-8-19-12/h6,8H,3-5,7,9-10H2,1-2H3. The summed E-state index contributed by atoms with van der Waals surface area (Å²) in [4.78, 5) is 17.8. The zero-order valence-corrected chi connectivity index (χ0v) is 14.4. The molecule has 0 atom stereocenters. The van der Waals surface area contributed by atoms with Crippen molar-refractivity contribution in [1.29, 1.82) is 0 Å². The minimum absolute atomic E-state index is 0.196. The highest BCUT2D eigenvalue weighted by Crippen LogP contribution is 2.24. The van der Waals surface area contributed by atoms with Gasteiger partial charge in [-0.3, -0.25) is 4.79 Å². The molecule has 0 N–H and O–H groups in total. The van der Waals surface area contributed by atoms with E-state index in [0.717, 1.165) is 36.9 Å². The van der Waals surface area contributed by atoms with E-state index < -0.39 is 0 Å². The van der Waals surface area contributed by atoms with Crippen LogP contribution in [0.15, 0.2) is 11.4 Å². The Bertz CT molecular complexity index is 483. The smallest absolute Gasteiger partial charge is 0.233 e. The van der Waals surface area contributed by atoms with Gasteiger partial charge in [-0.15, -0.1) is 11.3 Å². The van der Waals surface area contributed by atoms with Gasteiger partial charge in [-0.1, -0.05) is 24.0 Å². The Kier molecular flexibility index (Phi) is 5.86. The van der Waals surface area contributed by atoms with Crippen LogP contribution in [-0.4, -0.2) is 45.4 Å². The Morgan fingerprint density at radius 2 is 2.25 bits per heavy atom. The number of nitrogens with zero attached hydrogens (tertiary/aromatic N) is 2. The first kappa shape index (κ1) is 15.8. The van der Waals surface area contributed by atoms with Gasteiger partial charge < -0.3 is 9.80 Å². The van der Waals surface area contributed by atoms with Gasteiger partial charge in [0.15, 0.2) is 0 Å². The normalized spacial score (nSPS) is 14.0. The van der Waals surface area contributed by atoms with Gasteiger partial charge in [-0.2, -0.15) is 0 Å². The number of hydrogen-bond donors (Lipinski definition) is 0. The van der Waals surface area contributed by atoms with Crippen molar-refractivity contribution in [1.82, 2.24) is 9.80 Å². The van der Waals surface area contributed by atoms with E-state index in [4.69, 9.17) is 12.2 Å². The third kappa shape index (κ3) is 3.74. The van der Waals surface area contributed by atoms with Crippen LogP contribution >= 0.6 is 35.3 Å². The van der Waals surface area contributed by atoms with Crippen molar-refractivity contribution >= 4 is 45.5 Å². The number of carbonyl (C=O) groups excluding carboxylic acids is 1. The quantitative estimate of drug-likeness (QED) is 0.793. The van der Waals surface area contributed by atoms with Crippen LogP contribution in [0.5, 0.6) is 0 Å². The van der Waals surface area contributed by atoms with Crippen molar-refractivity contribution in [3.05, 3.63) is 21.9 Å². The van der Waals surface area contributed by atoms with E-state index in [1.165, 1.54) is 22.2 Å². The molecule has 1 aromatic rings. The minimum Gasteiger partial charge on any atom is -0.358 e. The van der Waals surface area contributed by atoms with Gasteiger partial charge in [0.2, 0.25) is 5.91 Å². The van der Waals surface area contributed by atoms with Gasteiger partial charge in [0, 0.05) is 31.1 Å². The average Bonchev–Trinajstić information content (AvgIpc) is 2.93. The van der Waals surface area contributed by atoms with Crippen LogP contribution in [0.2, 0.25) is 0 Å². The molecule has 0 saturated carbocycles. The topological polar surface area (TPSA) is 23.6 Å². The molecular weight excluding hydrogens is 308 g/mol. The number of thiophene rings is 1. The lowest BCUT2D eigenvalue weighted by atomic mass is 10.1. The van der Waals surface area contributed by atoms with Crippen molar-refractivity contribution < 1.29 is 4.79 Å². The van der Waals surface area contributed by atoms with Crippen LogP contribution in [0.25, 0.3) is 0 Å². The summed E-state index contributed by atoms with van der Waals surface area (Å²) in [7, 11) is 0. The summed E-state index contributed by atoms with van der Waals surface area (Å²) in [6.07, 6.45) is 0.990. The van der Waals surface area contributed by atoms with Gasteiger partial charge in [0.25, 0.3) is 0 Å². The summed E-state index contributed by atoms with van der Waals surface area (Å²) < 4.78 is 0.830. The second-order valence-electron chi connectivity index (χ2n) is 4.66. The maximum Gasteiger partial charge on any atom is 0.233 e. The lowest BCUT2D eigenvalue weighted by molar-refractivity contribution is -0.129. The summed E-state index contributed by atoms with van der Waals surface area (Å²) in [6, 6.07) is 2.13. The Morgan fingerprint density at radius 1 is 1.50 bits per heavy atom. The van der Waals surface area contributed by atoms with E-state index in [0.29, 0.717) is 5.75 Å². The number of rotatable bonds is 4. The first-order valence-electron chi connectivity index (χ1n) is 6.90. The fourth-order valence-corrected chi connectivity index (χ4v) is 4.44. The van der Waals surface area contributed by atoms with Crippen LogP contribution in [0, 0.1) is 0 Å². The van der Waals surface area contributed by atoms with Crippen LogP contribution in [-0.2, 0) is 17.8 Å². The summed E-state index contributed by atoms with van der Waals surface area (Å²) in [5.74, 6) is 0.649. The van der Waals surface area contributed by atoms with E-state index in [9.17, 15) is 4.79 Å². The fourth-order valence-electron chi connectivity index (χ4n) is 2.25. The molecule has 0 saturated heterocycles. The number of amides is 1. The molecule has 0 aliphatic carbocycles. The zero-order chi connectivity index (χ0) is 14.5. The molecule has 110 valence electrons. The Balaban J connectivity index is 1.83. The van der Waals surface area contributed by atoms with E-state index in [2.05, 4.69) is 30.2 Å². The van der Waals surface area contributed by atoms with E-state index in [1.54, 1.807) is 11.3 Å². The zero-order valence-electron chi connectivity index (χ0n) is 11.9. The van der Waals surface area contributed by atoms with Crippen molar-refractivity contribution in [2.75, 3.05) is 25.4 Å². The highest BCUT2D eigenvalue weighted by Gasteiger charge is 2.21. The first-order valence-corrected chi connectivity index (χ1v) is 9.17. The number of thiocarbonyl (C=S) groups is 1. The maximum atomic E-state index is 12.3. The van der Waals surface area contributed by atoms with E-state index in [-0.39, 0.29) is 5.91 Å². The molecule has 2 heterocycles. The van der Waals surface area contributed by atoms with Crippen LogP contribution in [0.3, 0.4) is 0 Å². The third-order valence-corrected chi connectivity index (χ3v) is 6.03. The molecule has 0 aromatic carbocycles. The second kappa shape index (κ2) is 7.43. The van der Waals surface area contributed by atoms with Crippen LogP contribution < -0.4 is 0 Å². The SMILES string of the molecule is CCN(CC)C(=S)SCC(=O)N1CCc2sccc2C1. The maximum absolute atomic E-state index is 12.3. The largest absolute Gasteiger partial charge is 0.358 e. The molecule has 0 radical (unpaired) electrons. The van der Waals surface area contributed by atoms with Crippen molar-refractivity contribution in [3.63, 3.8) is 0 Å². The highest BCUT2D eigenvalue weighted by molar-refractivity contribution is 8.23. The molecule has 20 heavy (non-hydrogen) atoms. The van der Waals surface area contributed by atoms with Gasteiger partial charge in [-0.25, -0.2) is 0 Å². The Morgan fingerprint density at radius 3 is 2.95 bits per heavy atom. The van der Waals surface area contributed by atoms with Crippen molar-refractivity contribution in [2.24, 2.45) is 0 Å². The van der Waals surface area contributed by atoms with Gasteiger partial charge in [-0.05, 0) is 37.3 Å². The number of fused-ring (bicyclic) bond motifs is 1. The molecule has 0 fully saturated rings. The summed E-state index contributed by atoms with van der Waals surface area (Å²) in [6.45, 7) is 7.57. The second-order valence-corrected chi connectivity index (χ2v) is 7.27. The minimum atomic E-state index is 0.196. The van der Waals surface area contributed by atoms with Gasteiger partial charge in [0.1, 0.15) is 4.32 Å². The number of hydrogen-bond acceptors (Lipinski definition) is 4. The Hall–Kier alpha value is -0.590. The van der Waals surface area contributed by atoms with Crippen LogP contribution in [0.4, 0.5) is 0 Å². The average molecular weight is 329 g/mol. The van der Waals surface area contributed by atoms with Crippen LogP contribution in [0.1, 0.15) is 24.3 Å². The molecule has 3 nitrogen and oxygen atoms in total. The third-order valence-electron chi connectivity index (χ3n) is 3.50. The number of thioether (sulfide) groups is 1. The first-order chi connectivity index (χ1) is 9.65. The molecular formula is C14H20N2OS3. The number of carbonyl (C=O) groups is 1. The summed E-state index contributed by atoms with van der Waals surface area (Å²) in [5, 5.41) is 2.11. The lowest BCUT2D eigenvalue weighted by Gasteiger charge is -2.27. The van der Waals surface area contributed by atoms with Gasteiger partial charge >= 0.3 is 0 Å². The van der Waals surface area contributed by atoms with E-state index in [1.807, 2.05) is 4.90 Å². The van der Waals surface area contributed by atoms with Crippen molar-refractivity contribution in [2.45, 2.75) is 26.8 Å². The Labute approximate surface area is 134 Å². The van der Waals surface area contributed by atoms with Crippen molar-refractivity contribution in [3.8, 4) is 0 Å². The fraction of sp³-hybridized carbons (Fsp3) is 0.571. The summed E-state index contributed by atoms with van der Waals surface area (Å²) in [5.41, 5.74) is 1.31. The predicted molar refractivity (Wildman–Crippen MR) is 91.4 cm³/mol. The summed E-state index contributed by atoms with van der Waals surface area (Å²) >= 11 is 8.65. The highest BCUT2D eigenvalue weighted by atomic mass is 32.2. The molecule has 0 unspecified atom stereocenters. The molecule has 1 amide bonds. The molecule has 6 heteroatoms. The van der Waals surface area contributed by atoms with E-state index >= 15 is 0 Å². The monoisotopic (exact) mass is 328 g/mol. The molecule has 1 aliphatic rings. The molecule has 0 spiro atoms. The molecule has 2 rings (SSSR count). The molecule has 1 aromatic heterocycles. The molecule has 0 bridgehead atoms. The predicted octanol–water partition coefficient (Wildman–Crippen LogP) is 2.99. The van der Waals surface area contributed by atoms with Gasteiger partial charge in [0.05, 0.1) is 5.75 Å². The molecule has 1 aliphatic heterocycles. The lowest BCUT2D eigenvalue weighted by Crippen LogP contribution is -2.37.